The van der Waals surface area contributed by atoms with Crippen LogP contribution in [-0.4, -0.2) is 33.9 Å². The van der Waals surface area contributed by atoms with Crippen LogP contribution in [-0.2, 0) is 14.4 Å². The lowest BCUT2D eigenvalue weighted by atomic mass is 9.85. The van der Waals surface area contributed by atoms with Gasteiger partial charge in [0, 0.05) is 31.6 Å². The molecule has 0 bridgehead atoms. The summed E-state index contributed by atoms with van der Waals surface area (Å²) in [5.41, 5.74) is 0. The highest BCUT2D eigenvalue weighted by molar-refractivity contribution is 5.85. The monoisotopic (exact) mass is 354 g/mol. The van der Waals surface area contributed by atoms with E-state index >= 15 is 0 Å². The van der Waals surface area contributed by atoms with E-state index in [4.69, 9.17) is 5.11 Å². The van der Waals surface area contributed by atoms with Crippen LogP contribution in [0.1, 0.15) is 90.4 Å². The number of carboxylic acids is 1. The van der Waals surface area contributed by atoms with E-state index in [9.17, 15) is 19.5 Å². The summed E-state index contributed by atoms with van der Waals surface area (Å²) in [6, 6.07) is 0. The molecule has 0 heterocycles. The van der Waals surface area contributed by atoms with E-state index in [0.29, 0.717) is 25.7 Å². The van der Waals surface area contributed by atoms with Gasteiger partial charge in [0.05, 0.1) is 6.10 Å². The highest BCUT2D eigenvalue weighted by Crippen LogP contribution is 2.36. The number of aliphatic hydroxyl groups excluding tert-OH is 1. The third-order valence-corrected chi connectivity index (χ3v) is 5.31. The summed E-state index contributed by atoms with van der Waals surface area (Å²) in [6.07, 6.45) is 8.71. The largest absolute Gasteiger partial charge is 0.481 e. The average Bonchev–Trinajstić information content (AvgIpc) is 2.82. The van der Waals surface area contributed by atoms with Gasteiger partial charge in [-0.2, -0.15) is 0 Å². The molecule has 0 aromatic carbocycles. The Labute approximate surface area is 151 Å². The second-order valence-electron chi connectivity index (χ2n) is 7.39. The van der Waals surface area contributed by atoms with Gasteiger partial charge in [-0.25, -0.2) is 0 Å². The van der Waals surface area contributed by atoms with Gasteiger partial charge in [0.15, 0.2) is 0 Å². The molecule has 0 aliphatic heterocycles. The highest BCUT2D eigenvalue weighted by atomic mass is 16.4. The third-order valence-electron chi connectivity index (χ3n) is 5.31. The minimum Gasteiger partial charge on any atom is -0.481 e. The summed E-state index contributed by atoms with van der Waals surface area (Å²) in [5, 5.41) is 18.8. The Morgan fingerprint density at radius 2 is 1.64 bits per heavy atom. The normalized spacial score (nSPS) is 23.1. The molecule has 2 N–H and O–H groups in total. The number of ketones is 2. The lowest BCUT2D eigenvalue weighted by Gasteiger charge is -2.20. The summed E-state index contributed by atoms with van der Waals surface area (Å²) in [5.74, 6) is -0.639. The van der Waals surface area contributed by atoms with Crippen molar-refractivity contribution in [1.82, 2.24) is 0 Å². The van der Waals surface area contributed by atoms with Crippen LogP contribution < -0.4 is 0 Å². The maximum absolute atomic E-state index is 12.1. The van der Waals surface area contributed by atoms with Crippen LogP contribution in [0.15, 0.2) is 0 Å². The molecule has 0 unspecified atom stereocenters. The lowest BCUT2D eigenvalue weighted by molar-refractivity contribution is -0.137. The third kappa shape index (κ3) is 8.61. The van der Waals surface area contributed by atoms with Crippen molar-refractivity contribution in [1.29, 1.82) is 0 Å². The molecule has 0 spiro atoms. The second kappa shape index (κ2) is 12.2. The van der Waals surface area contributed by atoms with Gasteiger partial charge in [0.25, 0.3) is 0 Å². The molecule has 1 aliphatic rings. The minimum absolute atomic E-state index is 0.0320. The van der Waals surface area contributed by atoms with E-state index in [2.05, 4.69) is 6.92 Å². The van der Waals surface area contributed by atoms with Gasteiger partial charge in [-0.3, -0.25) is 14.4 Å². The van der Waals surface area contributed by atoms with Crippen molar-refractivity contribution in [2.45, 2.75) is 96.5 Å². The predicted octanol–water partition coefficient (Wildman–Crippen LogP) is 3.91. The number of hydrogen-bond donors (Lipinski definition) is 2. The Balaban J connectivity index is 2.31. The molecule has 1 saturated carbocycles. The first kappa shape index (κ1) is 21.8. The summed E-state index contributed by atoms with van der Waals surface area (Å²) in [6.45, 7) is 2.11. The van der Waals surface area contributed by atoms with Crippen LogP contribution in [0.4, 0.5) is 0 Å². The van der Waals surface area contributed by atoms with Crippen molar-refractivity contribution in [3.05, 3.63) is 0 Å². The molecule has 0 radical (unpaired) electrons. The molecule has 5 nitrogen and oxygen atoms in total. The number of carbonyl (C=O) groups is 3. The summed E-state index contributed by atoms with van der Waals surface area (Å²) >= 11 is 0. The molecule has 0 aromatic heterocycles. The Morgan fingerprint density at radius 3 is 2.32 bits per heavy atom. The zero-order valence-corrected chi connectivity index (χ0v) is 15.5. The van der Waals surface area contributed by atoms with Crippen molar-refractivity contribution < 1.29 is 24.6 Å². The fourth-order valence-corrected chi connectivity index (χ4v) is 3.81. The molecular formula is C20H34O5. The molecule has 5 heteroatoms. The molecule has 25 heavy (non-hydrogen) atoms. The number of aliphatic hydroxyl groups is 1. The lowest BCUT2D eigenvalue weighted by Crippen LogP contribution is -2.21. The van der Waals surface area contributed by atoms with E-state index < -0.39 is 12.1 Å². The number of rotatable bonds is 14. The zero-order valence-electron chi connectivity index (χ0n) is 15.5. The van der Waals surface area contributed by atoms with E-state index in [1.807, 2.05) is 0 Å². The fourth-order valence-electron chi connectivity index (χ4n) is 3.81. The first-order valence-corrected chi connectivity index (χ1v) is 9.90. The number of aliphatic carboxylic acids is 1. The standard InChI is InChI=1S/C20H34O5/c1-2-3-6-9-15(21)12-13-17-16(18(22)14-19(17)23)10-7-4-5-8-11-20(24)25/h16-18,22H,2-14H2,1H3,(H,24,25)/t16-,17+,18-/m0/s1. The van der Waals surface area contributed by atoms with Crippen LogP contribution in [0.25, 0.3) is 0 Å². The van der Waals surface area contributed by atoms with Crippen molar-refractivity contribution in [2.75, 3.05) is 0 Å². The number of carboxylic acid groups (broad SMARTS) is 1. The number of unbranched alkanes of at least 4 members (excludes halogenated alkanes) is 5. The van der Waals surface area contributed by atoms with E-state index in [-0.39, 0.29) is 36.2 Å². The van der Waals surface area contributed by atoms with Crippen LogP contribution >= 0.6 is 0 Å². The van der Waals surface area contributed by atoms with Crippen LogP contribution in [0.5, 0.6) is 0 Å². The average molecular weight is 354 g/mol. The van der Waals surface area contributed by atoms with E-state index in [0.717, 1.165) is 44.9 Å². The van der Waals surface area contributed by atoms with E-state index in [1.165, 1.54) is 0 Å². The summed E-state index contributed by atoms with van der Waals surface area (Å²) in [7, 11) is 0. The first-order chi connectivity index (χ1) is 12.0. The summed E-state index contributed by atoms with van der Waals surface area (Å²) < 4.78 is 0. The fraction of sp³-hybridized carbons (Fsp3) is 0.850. The predicted molar refractivity (Wildman–Crippen MR) is 96.3 cm³/mol. The van der Waals surface area contributed by atoms with Gasteiger partial charge < -0.3 is 10.2 Å². The van der Waals surface area contributed by atoms with Crippen LogP contribution in [0.2, 0.25) is 0 Å². The van der Waals surface area contributed by atoms with Gasteiger partial charge >= 0.3 is 5.97 Å². The molecule has 144 valence electrons. The molecular weight excluding hydrogens is 320 g/mol. The van der Waals surface area contributed by atoms with Gasteiger partial charge in [0.1, 0.15) is 11.6 Å². The minimum atomic E-state index is -0.763. The Morgan fingerprint density at radius 1 is 0.960 bits per heavy atom. The molecule has 0 amide bonds. The Hall–Kier alpha value is -1.23. The molecule has 1 aliphatic carbocycles. The van der Waals surface area contributed by atoms with Gasteiger partial charge in [0.2, 0.25) is 0 Å². The van der Waals surface area contributed by atoms with Gasteiger partial charge in [-0.05, 0) is 31.6 Å². The Kier molecular flexibility index (Phi) is 10.6. The number of carbonyl (C=O) groups excluding carboxylic acids is 2. The highest BCUT2D eigenvalue weighted by Gasteiger charge is 2.40. The molecule has 1 rings (SSSR count). The van der Waals surface area contributed by atoms with Crippen molar-refractivity contribution in [3.8, 4) is 0 Å². The number of Topliss-reactive ketones (excluding diaryl/α,β-unsaturated/α-hetero) is 2. The molecule has 1 fully saturated rings. The smallest absolute Gasteiger partial charge is 0.303 e. The van der Waals surface area contributed by atoms with Crippen LogP contribution in [0.3, 0.4) is 0 Å². The Bertz CT molecular complexity index is 432. The SMILES string of the molecule is CCCCCC(=O)CC[C@H]1C(=O)C[C@H](O)[C@H]1CCCCCCC(=O)O. The maximum atomic E-state index is 12.1. The topological polar surface area (TPSA) is 91.7 Å². The van der Waals surface area contributed by atoms with Crippen molar-refractivity contribution >= 4 is 17.5 Å². The maximum Gasteiger partial charge on any atom is 0.303 e. The molecule has 0 saturated heterocycles. The quantitative estimate of drug-likeness (QED) is 0.462. The van der Waals surface area contributed by atoms with Crippen LogP contribution in [0, 0.1) is 11.8 Å². The van der Waals surface area contributed by atoms with Gasteiger partial charge in [-0.1, -0.05) is 39.0 Å². The number of hydrogen-bond acceptors (Lipinski definition) is 4. The van der Waals surface area contributed by atoms with E-state index in [1.54, 1.807) is 0 Å². The van der Waals surface area contributed by atoms with Crippen molar-refractivity contribution in [2.24, 2.45) is 11.8 Å². The summed E-state index contributed by atoms with van der Waals surface area (Å²) in [4.78, 5) is 34.6. The molecule has 0 aromatic rings. The van der Waals surface area contributed by atoms with Crippen molar-refractivity contribution in [3.63, 3.8) is 0 Å². The zero-order chi connectivity index (χ0) is 18.7. The second-order valence-corrected chi connectivity index (χ2v) is 7.39. The van der Waals surface area contributed by atoms with Gasteiger partial charge in [-0.15, -0.1) is 0 Å². The first-order valence-electron chi connectivity index (χ1n) is 9.90. The molecule has 3 atom stereocenters.